The molecule has 18 heavy (non-hydrogen) atoms. The van der Waals surface area contributed by atoms with Crippen molar-refractivity contribution in [1.82, 2.24) is 5.32 Å². The van der Waals surface area contributed by atoms with Crippen LogP contribution in [0.1, 0.15) is 23.7 Å². The molecular formula is C12H10F2N2O2. The van der Waals surface area contributed by atoms with Crippen LogP contribution >= 0.6 is 0 Å². The molecule has 1 unspecified atom stereocenters. The zero-order chi connectivity index (χ0) is 13.7. The summed E-state index contributed by atoms with van der Waals surface area (Å²) >= 11 is 0. The third-order valence-electron chi connectivity index (χ3n) is 2.26. The van der Waals surface area contributed by atoms with Crippen molar-refractivity contribution < 1.29 is 18.4 Å². The first-order valence-electron chi connectivity index (χ1n) is 5.18. The Morgan fingerprint density at radius 3 is 2.39 bits per heavy atom. The average molecular weight is 252 g/mol. The number of nitrogens with zero attached hydrogens (tertiary/aromatic N) is 1. The van der Waals surface area contributed by atoms with Gasteiger partial charge < -0.3 is 5.32 Å². The minimum atomic E-state index is -1.40. The molecule has 0 saturated carbocycles. The predicted octanol–water partition coefficient (Wildman–Crippen LogP) is 1.57. The van der Waals surface area contributed by atoms with Crippen LogP contribution in [0.4, 0.5) is 8.78 Å². The third-order valence-corrected chi connectivity index (χ3v) is 2.26. The lowest BCUT2D eigenvalue weighted by molar-refractivity contribution is -0.119. The first-order valence-corrected chi connectivity index (χ1v) is 5.18. The van der Waals surface area contributed by atoms with Gasteiger partial charge in [0.15, 0.2) is 11.8 Å². The van der Waals surface area contributed by atoms with E-state index in [0.29, 0.717) is 0 Å². The number of halogens is 2. The molecular weight excluding hydrogens is 242 g/mol. The third kappa shape index (κ3) is 2.88. The molecule has 0 aliphatic carbocycles. The van der Waals surface area contributed by atoms with E-state index >= 15 is 0 Å². The lowest BCUT2D eigenvalue weighted by Crippen LogP contribution is -2.40. The molecule has 0 saturated heterocycles. The van der Waals surface area contributed by atoms with Crippen molar-refractivity contribution in [2.24, 2.45) is 0 Å². The molecule has 1 rings (SSSR count). The highest BCUT2D eigenvalue weighted by Gasteiger charge is 2.23. The topological polar surface area (TPSA) is 70.0 Å². The van der Waals surface area contributed by atoms with E-state index in [1.54, 1.807) is 6.07 Å². The molecule has 6 heteroatoms. The minimum absolute atomic E-state index is 0.0399. The van der Waals surface area contributed by atoms with Crippen LogP contribution in [-0.2, 0) is 4.79 Å². The highest BCUT2D eigenvalue weighted by Crippen LogP contribution is 2.12. The summed E-state index contributed by atoms with van der Waals surface area (Å²) in [6.45, 7) is 1.52. The Labute approximate surface area is 102 Å². The Morgan fingerprint density at radius 1 is 1.39 bits per heavy atom. The molecule has 0 bridgehead atoms. The maximum Gasteiger partial charge on any atom is 0.258 e. The largest absolute Gasteiger partial charge is 0.330 e. The van der Waals surface area contributed by atoms with E-state index in [1.165, 1.54) is 6.92 Å². The number of hydrogen-bond donors (Lipinski definition) is 1. The van der Waals surface area contributed by atoms with E-state index in [4.69, 9.17) is 5.26 Å². The molecule has 0 fully saturated rings. The van der Waals surface area contributed by atoms with E-state index in [1.807, 2.05) is 5.32 Å². The van der Waals surface area contributed by atoms with Crippen LogP contribution in [0.3, 0.4) is 0 Å². The maximum atomic E-state index is 13.3. The van der Waals surface area contributed by atoms with Gasteiger partial charge >= 0.3 is 0 Å². The number of Topliss-reactive ketones (excluding diaryl/α,β-unsaturated/α-hetero) is 1. The second-order valence-electron chi connectivity index (χ2n) is 3.45. The number of rotatable bonds is 4. The summed E-state index contributed by atoms with van der Waals surface area (Å²) < 4.78 is 26.5. The zero-order valence-corrected chi connectivity index (χ0v) is 9.54. The fraction of sp³-hybridized carbons (Fsp3) is 0.250. The van der Waals surface area contributed by atoms with E-state index < -0.39 is 34.9 Å². The Kier molecular flexibility index (Phi) is 4.49. The van der Waals surface area contributed by atoms with Gasteiger partial charge in [-0.05, 0) is 12.1 Å². The summed E-state index contributed by atoms with van der Waals surface area (Å²) in [7, 11) is 0. The molecule has 94 valence electrons. The lowest BCUT2D eigenvalue weighted by Gasteiger charge is -2.10. The highest BCUT2D eigenvalue weighted by molar-refractivity contribution is 5.99. The molecule has 0 aromatic heterocycles. The number of nitrogens with one attached hydrogen (secondary N) is 1. The van der Waals surface area contributed by atoms with Crippen LogP contribution in [0.15, 0.2) is 18.2 Å². The van der Waals surface area contributed by atoms with Gasteiger partial charge in [-0.2, -0.15) is 5.26 Å². The number of hydrogen-bond acceptors (Lipinski definition) is 3. The molecule has 0 heterocycles. The van der Waals surface area contributed by atoms with Gasteiger partial charge in [-0.1, -0.05) is 13.0 Å². The molecule has 1 N–H and O–H groups in total. The van der Waals surface area contributed by atoms with E-state index in [-0.39, 0.29) is 6.42 Å². The van der Waals surface area contributed by atoms with Crippen molar-refractivity contribution in [2.75, 3.05) is 0 Å². The van der Waals surface area contributed by atoms with Crippen molar-refractivity contribution in [3.8, 4) is 6.07 Å². The first kappa shape index (κ1) is 13.8. The van der Waals surface area contributed by atoms with Crippen molar-refractivity contribution in [2.45, 2.75) is 19.4 Å². The quantitative estimate of drug-likeness (QED) is 0.884. The normalized spacial score (nSPS) is 11.4. The number of carbonyl (C=O) groups excluding carboxylic acids is 2. The van der Waals surface area contributed by atoms with Gasteiger partial charge in [0.2, 0.25) is 0 Å². The molecule has 0 aliphatic rings. The number of nitriles is 1. The summed E-state index contributed by atoms with van der Waals surface area (Å²) in [6, 6.07) is 3.11. The van der Waals surface area contributed by atoms with Crippen LogP contribution in [-0.4, -0.2) is 17.7 Å². The Hall–Kier alpha value is -2.29. The van der Waals surface area contributed by atoms with E-state index in [9.17, 15) is 18.4 Å². The summed E-state index contributed by atoms with van der Waals surface area (Å²) in [5.74, 6) is -3.75. The van der Waals surface area contributed by atoms with Crippen LogP contribution in [0.2, 0.25) is 0 Å². The molecule has 1 atom stereocenters. The number of carbonyl (C=O) groups is 2. The highest BCUT2D eigenvalue weighted by atomic mass is 19.1. The summed E-state index contributed by atoms with van der Waals surface area (Å²) in [6.07, 6.45) is 0.0399. The minimum Gasteiger partial charge on any atom is -0.330 e. The fourth-order valence-corrected chi connectivity index (χ4v) is 1.31. The molecule has 1 amide bonds. The number of benzene rings is 1. The van der Waals surface area contributed by atoms with E-state index in [2.05, 4.69) is 0 Å². The SMILES string of the molecule is CCC(=O)C(C#N)NC(=O)c1c(F)cccc1F. The van der Waals surface area contributed by atoms with Gasteiger partial charge in [0.1, 0.15) is 17.2 Å². The van der Waals surface area contributed by atoms with Gasteiger partial charge in [0, 0.05) is 6.42 Å². The maximum absolute atomic E-state index is 13.3. The lowest BCUT2D eigenvalue weighted by atomic mass is 10.1. The number of ketones is 1. The van der Waals surface area contributed by atoms with Crippen LogP contribution < -0.4 is 5.32 Å². The van der Waals surface area contributed by atoms with Gasteiger partial charge in [0.25, 0.3) is 5.91 Å². The Balaban J connectivity index is 2.96. The van der Waals surface area contributed by atoms with Gasteiger partial charge in [-0.3, -0.25) is 9.59 Å². The van der Waals surface area contributed by atoms with Crippen LogP contribution in [0, 0.1) is 23.0 Å². The van der Waals surface area contributed by atoms with Crippen molar-refractivity contribution in [3.05, 3.63) is 35.4 Å². The van der Waals surface area contributed by atoms with E-state index in [0.717, 1.165) is 18.2 Å². The van der Waals surface area contributed by atoms with Crippen LogP contribution in [0.25, 0.3) is 0 Å². The standard InChI is InChI=1S/C12H10F2N2O2/c1-2-10(17)9(6-15)16-12(18)11-7(13)4-3-5-8(11)14/h3-5,9H,2H2,1H3,(H,16,18). The van der Waals surface area contributed by atoms with Crippen molar-refractivity contribution >= 4 is 11.7 Å². The summed E-state index contributed by atoms with van der Waals surface area (Å²) in [5, 5.41) is 10.7. The Morgan fingerprint density at radius 2 is 1.94 bits per heavy atom. The molecule has 1 aromatic carbocycles. The predicted molar refractivity (Wildman–Crippen MR) is 58.5 cm³/mol. The summed E-state index contributed by atoms with van der Waals surface area (Å²) in [5.41, 5.74) is -0.804. The molecule has 4 nitrogen and oxygen atoms in total. The second kappa shape index (κ2) is 5.87. The van der Waals surface area contributed by atoms with Crippen molar-refractivity contribution in [3.63, 3.8) is 0 Å². The first-order chi connectivity index (χ1) is 8.51. The van der Waals surface area contributed by atoms with Gasteiger partial charge in [-0.15, -0.1) is 0 Å². The fourth-order valence-electron chi connectivity index (χ4n) is 1.31. The molecule has 0 spiro atoms. The Bertz CT molecular complexity index is 503. The van der Waals surface area contributed by atoms with Crippen LogP contribution in [0.5, 0.6) is 0 Å². The molecule has 0 aliphatic heterocycles. The van der Waals surface area contributed by atoms with Crippen molar-refractivity contribution in [1.29, 1.82) is 5.26 Å². The van der Waals surface area contributed by atoms with Gasteiger partial charge in [-0.25, -0.2) is 8.78 Å². The average Bonchev–Trinajstić information content (AvgIpc) is 2.34. The smallest absolute Gasteiger partial charge is 0.258 e. The number of amides is 1. The summed E-state index contributed by atoms with van der Waals surface area (Å²) in [4.78, 5) is 22.8. The molecule has 0 radical (unpaired) electrons. The molecule has 1 aromatic rings. The second-order valence-corrected chi connectivity index (χ2v) is 3.45. The monoisotopic (exact) mass is 252 g/mol. The zero-order valence-electron chi connectivity index (χ0n) is 9.54. The van der Waals surface area contributed by atoms with Gasteiger partial charge in [0.05, 0.1) is 6.07 Å².